The van der Waals surface area contributed by atoms with Crippen LogP contribution in [0.3, 0.4) is 0 Å². The Balaban J connectivity index is 1.53. The van der Waals surface area contributed by atoms with Crippen LogP contribution in [0.5, 0.6) is 5.75 Å². The highest BCUT2D eigenvalue weighted by atomic mass is 16.5. The third-order valence-electron chi connectivity index (χ3n) is 3.89. The quantitative estimate of drug-likeness (QED) is 0.711. The number of aryl methyl sites for hydroxylation is 2. The lowest BCUT2D eigenvalue weighted by Gasteiger charge is -2.10. The molecule has 0 bridgehead atoms. The van der Waals surface area contributed by atoms with E-state index in [9.17, 15) is 9.59 Å². The Kier molecular flexibility index (Phi) is 5.17. The molecule has 132 valence electrons. The van der Waals surface area contributed by atoms with Crippen molar-refractivity contribution in [3.8, 4) is 5.75 Å². The molecular formula is C21H20N2O3. The fraction of sp³-hybridized carbons (Fsp3) is 0.143. The van der Waals surface area contributed by atoms with Crippen molar-refractivity contribution in [2.45, 2.75) is 13.8 Å². The van der Waals surface area contributed by atoms with Gasteiger partial charge in [-0.25, -0.2) is 0 Å². The molecule has 0 unspecified atom stereocenters. The van der Waals surface area contributed by atoms with Crippen molar-refractivity contribution in [1.82, 2.24) is 10.9 Å². The van der Waals surface area contributed by atoms with Gasteiger partial charge in [-0.1, -0.05) is 36.4 Å². The second-order valence-electron chi connectivity index (χ2n) is 6.18. The van der Waals surface area contributed by atoms with Crippen molar-refractivity contribution in [3.63, 3.8) is 0 Å². The standard InChI is InChI=1S/C21H20N2O3/c1-14-9-15(2)11-19(10-14)26-13-20(24)22-23-21(25)18-8-7-16-5-3-4-6-17(16)12-18/h3-12H,13H2,1-2H3,(H,22,24)(H,23,25). The first-order valence-corrected chi connectivity index (χ1v) is 8.30. The summed E-state index contributed by atoms with van der Waals surface area (Å²) in [4.78, 5) is 24.1. The first kappa shape index (κ1) is 17.5. The average Bonchev–Trinajstić information content (AvgIpc) is 2.63. The largest absolute Gasteiger partial charge is 0.484 e. The molecule has 0 fully saturated rings. The molecule has 0 saturated carbocycles. The topological polar surface area (TPSA) is 67.4 Å². The summed E-state index contributed by atoms with van der Waals surface area (Å²) in [5.41, 5.74) is 7.36. The van der Waals surface area contributed by atoms with Crippen LogP contribution in [0.4, 0.5) is 0 Å². The van der Waals surface area contributed by atoms with Gasteiger partial charge in [0.15, 0.2) is 6.61 Å². The Morgan fingerprint density at radius 3 is 2.27 bits per heavy atom. The van der Waals surface area contributed by atoms with Crippen molar-refractivity contribution in [2.24, 2.45) is 0 Å². The number of rotatable bonds is 4. The summed E-state index contributed by atoms with van der Waals surface area (Å²) in [5.74, 6) is -0.188. The van der Waals surface area contributed by atoms with Crippen molar-refractivity contribution < 1.29 is 14.3 Å². The molecule has 2 N–H and O–H groups in total. The normalized spacial score (nSPS) is 10.4. The molecule has 0 aliphatic heterocycles. The highest BCUT2D eigenvalue weighted by Gasteiger charge is 2.09. The van der Waals surface area contributed by atoms with Crippen LogP contribution < -0.4 is 15.6 Å². The molecule has 3 rings (SSSR count). The van der Waals surface area contributed by atoms with E-state index in [2.05, 4.69) is 10.9 Å². The molecule has 0 aliphatic carbocycles. The van der Waals surface area contributed by atoms with Crippen LogP contribution in [-0.4, -0.2) is 18.4 Å². The zero-order valence-corrected chi connectivity index (χ0v) is 14.7. The molecule has 2 amide bonds. The van der Waals surface area contributed by atoms with Crippen LogP contribution in [0.1, 0.15) is 21.5 Å². The van der Waals surface area contributed by atoms with Gasteiger partial charge in [-0.05, 0) is 60.0 Å². The Hall–Kier alpha value is -3.34. The molecule has 0 saturated heterocycles. The van der Waals surface area contributed by atoms with Gasteiger partial charge in [0.25, 0.3) is 11.8 Å². The van der Waals surface area contributed by atoms with Crippen molar-refractivity contribution in [1.29, 1.82) is 0 Å². The Labute approximate surface area is 152 Å². The summed E-state index contributed by atoms with van der Waals surface area (Å²) in [6.07, 6.45) is 0. The van der Waals surface area contributed by atoms with E-state index >= 15 is 0 Å². The van der Waals surface area contributed by atoms with Gasteiger partial charge < -0.3 is 4.74 Å². The zero-order chi connectivity index (χ0) is 18.5. The predicted octanol–water partition coefficient (Wildman–Crippen LogP) is 3.30. The van der Waals surface area contributed by atoms with E-state index in [1.807, 2.05) is 62.4 Å². The minimum Gasteiger partial charge on any atom is -0.484 e. The lowest BCUT2D eigenvalue weighted by molar-refractivity contribution is -0.123. The second-order valence-corrected chi connectivity index (χ2v) is 6.18. The molecule has 3 aromatic rings. The first-order valence-electron chi connectivity index (χ1n) is 8.30. The molecule has 0 aromatic heterocycles. The summed E-state index contributed by atoms with van der Waals surface area (Å²) >= 11 is 0. The highest BCUT2D eigenvalue weighted by Crippen LogP contribution is 2.16. The number of carbonyl (C=O) groups is 2. The fourth-order valence-corrected chi connectivity index (χ4v) is 2.73. The maximum absolute atomic E-state index is 12.2. The van der Waals surface area contributed by atoms with Gasteiger partial charge in [-0.15, -0.1) is 0 Å². The Morgan fingerprint density at radius 2 is 1.54 bits per heavy atom. The molecule has 26 heavy (non-hydrogen) atoms. The number of benzene rings is 3. The Bertz CT molecular complexity index is 946. The summed E-state index contributed by atoms with van der Waals surface area (Å²) < 4.78 is 5.46. The molecule has 5 nitrogen and oxygen atoms in total. The smallest absolute Gasteiger partial charge is 0.276 e. The molecular weight excluding hydrogens is 328 g/mol. The number of hydrazine groups is 1. The monoisotopic (exact) mass is 348 g/mol. The van der Waals surface area contributed by atoms with E-state index < -0.39 is 5.91 Å². The number of hydrogen-bond acceptors (Lipinski definition) is 3. The van der Waals surface area contributed by atoms with Crippen molar-refractivity contribution >= 4 is 22.6 Å². The maximum Gasteiger partial charge on any atom is 0.276 e. The maximum atomic E-state index is 12.2. The van der Waals surface area contributed by atoms with E-state index in [0.29, 0.717) is 11.3 Å². The third-order valence-corrected chi connectivity index (χ3v) is 3.89. The molecule has 0 aliphatic rings. The molecule has 0 atom stereocenters. The summed E-state index contributed by atoms with van der Waals surface area (Å²) in [6.45, 7) is 3.74. The number of fused-ring (bicyclic) bond motifs is 1. The van der Waals surface area contributed by atoms with Crippen LogP contribution in [0, 0.1) is 13.8 Å². The molecule has 0 spiro atoms. The van der Waals surface area contributed by atoms with Gasteiger partial charge in [0.2, 0.25) is 0 Å². The van der Waals surface area contributed by atoms with Crippen LogP contribution in [0.15, 0.2) is 60.7 Å². The van der Waals surface area contributed by atoms with Gasteiger partial charge in [-0.3, -0.25) is 20.4 Å². The molecule has 0 heterocycles. The first-order chi connectivity index (χ1) is 12.5. The van der Waals surface area contributed by atoms with E-state index in [-0.39, 0.29) is 12.5 Å². The average molecular weight is 348 g/mol. The van der Waals surface area contributed by atoms with E-state index in [1.54, 1.807) is 12.1 Å². The lowest BCUT2D eigenvalue weighted by atomic mass is 10.1. The second kappa shape index (κ2) is 7.70. The predicted molar refractivity (Wildman–Crippen MR) is 101 cm³/mol. The summed E-state index contributed by atoms with van der Waals surface area (Å²) in [6, 6.07) is 18.9. The van der Waals surface area contributed by atoms with Crippen LogP contribution >= 0.6 is 0 Å². The zero-order valence-electron chi connectivity index (χ0n) is 14.7. The van der Waals surface area contributed by atoms with Crippen molar-refractivity contribution in [3.05, 3.63) is 77.4 Å². The highest BCUT2D eigenvalue weighted by molar-refractivity contribution is 5.99. The van der Waals surface area contributed by atoms with Gasteiger partial charge in [0.1, 0.15) is 5.75 Å². The molecule has 0 radical (unpaired) electrons. The van der Waals surface area contributed by atoms with Gasteiger partial charge in [-0.2, -0.15) is 0 Å². The molecule has 5 heteroatoms. The number of ether oxygens (including phenoxy) is 1. The third kappa shape index (κ3) is 4.39. The number of hydrogen-bond donors (Lipinski definition) is 2. The van der Waals surface area contributed by atoms with Crippen molar-refractivity contribution in [2.75, 3.05) is 6.61 Å². The van der Waals surface area contributed by atoms with E-state index in [0.717, 1.165) is 21.9 Å². The number of amides is 2. The lowest BCUT2D eigenvalue weighted by Crippen LogP contribution is -2.43. The van der Waals surface area contributed by atoms with Crippen LogP contribution in [0.25, 0.3) is 10.8 Å². The van der Waals surface area contributed by atoms with E-state index in [4.69, 9.17) is 4.74 Å². The summed E-state index contributed by atoms with van der Waals surface area (Å²) in [7, 11) is 0. The SMILES string of the molecule is Cc1cc(C)cc(OCC(=O)NNC(=O)c2ccc3ccccc3c2)c1. The minimum absolute atomic E-state index is 0.180. The van der Waals surface area contributed by atoms with Gasteiger partial charge in [0, 0.05) is 5.56 Å². The van der Waals surface area contributed by atoms with Gasteiger partial charge in [0.05, 0.1) is 0 Å². The van der Waals surface area contributed by atoms with Crippen LogP contribution in [-0.2, 0) is 4.79 Å². The van der Waals surface area contributed by atoms with Crippen LogP contribution in [0.2, 0.25) is 0 Å². The van der Waals surface area contributed by atoms with Gasteiger partial charge >= 0.3 is 0 Å². The Morgan fingerprint density at radius 1 is 0.846 bits per heavy atom. The summed E-state index contributed by atoms with van der Waals surface area (Å²) in [5, 5.41) is 2.01. The fourth-order valence-electron chi connectivity index (χ4n) is 2.73. The van der Waals surface area contributed by atoms with E-state index in [1.165, 1.54) is 0 Å². The minimum atomic E-state index is -0.432. The number of nitrogens with one attached hydrogen (secondary N) is 2. The number of carbonyl (C=O) groups excluding carboxylic acids is 2. The molecule has 3 aromatic carbocycles.